The van der Waals surface area contributed by atoms with Crippen molar-refractivity contribution >= 4 is 33.7 Å². The fraction of sp³-hybridized carbons (Fsp3) is 0.381. The Labute approximate surface area is 170 Å². The number of carbonyl (C=O) groups excluding carboxylic acids is 3. The highest BCUT2D eigenvalue weighted by atomic mass is 79.9. The Morgan fingerprint density at radius 1 is 1.29 bits per heavy atom. The van der Waals surface area contributed by atoms with Gasteiger partial charge in [-0.1, -0.05) is 28.1 Å². The Balaban J connectivity index is 1.68. The normalized spacial score (nSPS) is 30.8. The molecule has 0 radical (unpaired) electrons. The third kappa shape index (κ3) is 2.98. The van der Waals surface area contributed by atoms with Gasteiger partial charge in [-0.25, -0.2) is 4.79 Å². The van der Waals surface area contributed by atoms with Gasteiger partial charge in [0, 0.05) is 22.4 Å². The van der Waals surface area contributed by atoms with Crippen molar-refractivity contribution in [2.45, 2.75) is 18.9 Å². The van der Waals surface area contributed by atoms with Crippen LogP contribution in [-0.2, 0) is 23.8 Å². The number of esters is 2. The topological polar surface area (TPSA) is 78.9 Å². The van der Waals surface area contributed by atoms with Crippen molar-refractivity contribution in [3.63, 3.8) is 0 Å². The van der Waals surface area contributed by atoms with Gasteiger partial charge in [0.2, 0.25) is 0 Å². The smallest absolute Gasteiger partial charge is 0.338 e. The summed E-state index contributed by atoms with van der Waals surface area (Å²) in [5.41, 5.74) is -0.445. The Kier molecular flexibility index (Phi) is 4.87. The second kappa shape index (κ2) is 7.20. The minimum Gasteiger partial charge on any atom is -0.497 e. The van der Waals surface area contributed by atoms with E-state index in [1.807, 2.05) is 12.2 Å². The number of hydrogen-bond donors (Lipinski definition) is 0. The second-order valence-corrected chi connectivity index (χ2v) is 8.16. The molecule has 6 nitrogen and oxygen atoms in total. The van der Waals surface area contributed by atoms with Gasteiger partial charge in [-0.05, 0) is 30.7 Å². The third-order valence-electron chi connectivity index (χ3n) is 5.86. The summed E-state index contributed by atoms with van der Waals surface area (Å²) in [6, 6.07) is 6.84. The van der Waals surface area contributed by atoms with Crippen LogP contribution in [0.25, 0.3) is 0 Å². The number of ketones is 1. The molecule has 1 fully saturated rings. The summed E-state index contributed by atoms with van der Waals surface area (Å²) in [6.45, 7) is -0.0358. The van der Waals surface area contributed by atoms with Crippen LogP contribution in [0.2, 0.25) is 0 Å². The molecule has 4 atom stereocenters. The molecule has 7 heteroatoms. The fourth-order valence-electron chi connectivity index (χ4n) is 4.47. The zero-order valence-electron chi connectivity index (χ0n) is 15.2. The molecular formula is C21H19BrO6. The van der Waals surface area contributed by atoms with E-state index in [1.165, 1.54) is 13.2 Å². The predicted octanol–water partition coefficient (Wildman–Crippen LogP) is 3.21. The molecule has 1 aliphatic heterocycles. The molecule has 0 saturated carbocycles. The number of ether oxygens (including phenoxy) is 3. The first-order valence-corrected chi connectivity index (χ1v) is 9.83. The molecule has 0 bridgehead atoms. The number of benzene rings is 1. The van der Waals surface area contributed by atoms with Crippen LogP contribution < -0.4 is 0 Å². The molecule has 1 heterocycles. The van der Waals surface area contributed by atoms with Gasteiger partial charge < -0.3 is 14.2 Å². The predicted molar refractivity (Wildman–Crippen MR) is 102 cm³/mol. The van der Waals surface area contributed by atoms with E-state index < -0.39 is 23.4 Å². The summed E-state index contributed by atoms with van der Waals surface area (Å²) in [5.74, 6) is -1.34. The van der Waals surface area contributed by atoms with E-state index >= 15 is 0 Å². The molecule has 0 unspecified atom stereocenters. The number of allylic oxidation sites excluding steroid dienone is 3. The monoisotopic (exact) mass is 446 g/mol. The van der Waals surface area contributed by atoms with E-state index in [1.54, 1.807) is 24.3 Å². The summed E-state index contributed by atoms with van der Waals surface area (Å²) in [7, 11) is 1.44. The molecule has 1 saturated heterocycles. The van der Waals surface area contributed by atoms with E-state index in [-0.39, 0.29) is 30.7 Å². The summed E-state index contributed by atoms with van der Waals surface area (Å²) in [6.07, 6.45) is 5.15. The summed E-state index contributed by atoms with van der Waals surface area (Å²) >= 11 is 3.33. The first-order chi connectivity index (χ1) is 13.5. The number of methoxy groups -OCH3 is 1. The summed E-state index contributed by atoms with van der Waals surface area (Å²) in [4.78, 5) is 37.5. The largest absolute Gasteiger partial charge is 0.497 e. The third-order valence-corrected chi connectivity index (χ3v) is 6.39. The molecule has 146 valence electrons. The van der Waals surface area contributed by atoms with Crippen molar-refractivity contribution in [2.24, 2.45) is 17.3 Å². The highest BCUT2D eigenvalue weighted by Crippen LogP contribution is 2.55. The molecule has 1 aromatic carbocycles. The lowest BCUT2D eigenvalue weighted by Gasteiger charge is -2.53. The van der Waals surface area contributed by atoms with E-state index in [4.69, 9.17) is 14.2 Å². The van der Waals surface area contributed by atoms with Crippen molar-refractivity contribution in [3.05, 3.63) is 58.3 Å². The van der Waals surface area contributed by atoms with Gasteiger partial charge in [0.15, 0.2) is 11.9 Å². The molecule has 0 N–H and O–H groups in total. The van der Waals surface area contributed by atoms with Gasteiger partial charge >= 0.3 is 11.9 Å². The number of rotatable bonds is 4. The van der Waals surface area contributed by atoms with Crippen LogP contribution in [0, 0.1) is 17.3 Å². The molecule has 0 aromatic heterocycles. The molecule has 2 aliphatic carbocycles. The lowest BCUT2D eigenvalue weighted by Crippen LogP contribution is -2.61. The SMILES string of the molecule is COC1=CC(=O)[C@@H]2CC=C[C@@H]3CC(=O)O[C@H]1[C@@]32COC(=O)c1ccc(Br)cc1. The lowest BCUT2D eigenvalue weighted by molar-refractivity contribution is -0.190. The van der Waals surface area contributed by atoms with Crippen LogP contribution in [-0.4, -0.2) is 37.5 Å². The van der Waals surface area contributed by atoms with Gasteiger partial charge in [0.1, 0.15) is 12.4 Å². The van der Waals surface area contributed by atoms with Crippen molar-refractivity contribution in [1.82, 2.24) is 0 Å². The average Bonchev–Trinajstić information content (AvgIpc) is 2.69. The molecule has 0 amide bonds. The zero-order valence-corrected chi connectivity index (χ0v) is 16.8. The van der Waals surface area contributed by atoms with Crippen molar-refractivity contribution < 1.29 is 28.6 Å². The zero-order chi connectivity index (χ0) is 19.9. The second-order valence-electron chi connectivity index (χ2n) is 7.25. The maximum atomic E-state index is 12.8. The Bertz CT molecular complexity index is 887. The van der Waals surface area contributed by atoms with Crippen LogP contribution >= 0.6 is 15.9 Å². The van der Waals surface area contributed by atoms with Crippen LogP contribution in [0.4, 0.5) is 0 Å². The molecule has 1 aromatic rings. The maximum Gasteiger partial charge on any atom is 0.338 e. The first-order valence-electron chi connectivity index (χ1n) is 9.04. The lowest BCUT2D eigenvalue weighted by atomic mass is 9.54. The Morgan fingerprint density at radius 3 is 2.75 bits per heavy atom. The fourth-order valence-corrected chi connectivity index (χ4v) is 4.73. The van der Waals surface area contributed by atoms with Gasteiger partial charge in [-0.15, -0.1) is 0 Å². The summed E-state index contributed by atoms with van der Waals surface area (Å²) in [5, 5.41) is 0. The first kappa shape index (κ1) is 18.9. The number of hydrogen-bond acceptors (Lipinski definition) is 6. The van der Waals surface area contributed by atoms with Crippen LogP contribution in [0.3, 0.4) is 0 Å². The van der Waals surface area contributed by atoms with Gasteiger partial charge in [-0.3, -0.25) is 9.59 Å². The highest BCUT2D eigenvalue weighted by Gasteiger charge is 2.62. The van der Waals surface area contributed by atoms with E-state index in [0.29, 0.717) is 17.7 Å². The maximum absolute atomic E-state index is 12.8. The van der Waals surface area contributed by atoms with E-state index in [9.17, 15) is 14.4 Å². The molecule has 0 spiro atoms. The molecular weight excluding hydrogens is 428 g/mol. The Hall–Kier alpha value is -2.41. The number of halogens is 1. The van der Waals surface area contributed by atoms with Crippen LogP contribution in [0.5, 0.6) is 0 Å². The minimum absolute atomic E-state index is 0.0358. The van der Waals surface area contributed by atoms with Gasteiger partial charge in [0.05, 0.1) is 24.5 Å². The van der Waals surface area contributed by atoms with Crippen molar-refractivity contribution in [2.75, 3.05) is 13.7 Å². The van der Waals surface area contributed by atoms with E-state index in [0.717, 1.165) is 4.47 Å². The number of carbonyl (C=O) groups is 3. The van der Waals surface area contributed by atoms with Gasteiger partial charge in [-0.2, -0.15) is 0 Å². The van der Waals surface area contributed by atoms with Gasteiger partial charge in [0.25, 0.3) is 0 Å². The average molecular weight is 447 g/mol. The van der Waals surface area contributed by atoms with Crippen LogP contribution in [0.15, 0.2) is 52.7 Å². The molecule has 28 heavy (non-hydrogen) atoms. The standard InChI is InChI=1S/C21H19BrO6/c1-26-17-10-16(23)15-4-2-3-13-9-18(24)28-19(17)21(13,15)11-27-20(25)12-5-7-14(22)8-6-12/h2-3,5-8,10,13,15,19H,4,9,11H2,1H3/t13-,15+,19-,21+/m1/s1. The van der Waals surface area contributed by atoms with Crippen LogP contribution in [0.1, 0.15) is 23.2 Å². The summed E-state index contributed by atoms with van der Waals surface area (Å²) < 4.78 is 17.5. The molecule has 4 rings (SSSR count). The molecule has 3 aliphatic rings. The highest BCUT2D eigenvalue weighted by molar-refractivity contribution is 9.10. The Morgan fingerprint density at radius 2 is 2.04 bits per heavy atom. The quantitative estimate of drug-likeness (QED) is 0.521. The minimum atomic E-state index is -0.856. The van der Waals surface area contributed by atoms with Crippen molar-refractivity contribution in [1.29, 1.82) is 0 Å². The van der Waals surface area contributed by atoms with E-state index in [2.05, 4.69) is 15.9 Å². The van der Waals surface area contributed by atoms with Crippen molar-refractivity contribution in [3.8, 4) is 0 Å².